The van der Waals surface area contributed by atoms with E-state index in [-0.39, 0.29) is 24.7 Å². The third kappa shape index (κ3) is 5.06. The van der Waals surface area contributed by atoms with E-state index in [0.717, 1.165) is 5.56 Å². The summed E-state index contributed by atoms with van der Waals surface area (Å²) in [6, 6.07) is 6.36. The molecule has 2 unspecified atom stereocenters. The second-order valence-electron chi connectivity index (χ2n) is 5.87. The number of rotatable bonds is 8. The van der Waals surface area contributed by atoms with Gasteiger partial charge in [0, 0.05) is 18.4 Å². The number of aryl methyl sites for hydroxylation is 1. The molecule has 6 nitrogen and oxygen atoms in total. The van der Waals surface area contributed by atoms with Crippen LogP contribution in [0.2, 0.25) is 5.02 Å². The minimum Gasteiger partial charge on any atom is -0.480 e. The molecule has 1 aromatic heterocycles. The summed E-state index contributed by atoms with van der Waals surface area (Å²) in [6.45, 7) is 3.68. The first-order valence-electron chi connectivity index (χ1n) is 8.14. The summed E-state index contributed by atoms with van der Waals surface area (Å²) in [4.78, 5) is 27.4. The first kappa shape index (κ1) is 19.0. The summed E-state index contributed by atoms with van der Waals surface area (Å²) in [6.07, 6.45) is 2.61. The van der Waals surface area contributed by atoms with Gasteiger partial charge in [0.15, 0.2) is 11.7 Å². The first-order valence-corrected chi connectivity index (χ1v) is 8.52. The normalized spacial score (nSPS) is 13.2. The van der Waals surface area contributed by atoms with Gasteiger partial charge in [0.25, 0.3) is 0 Å². The Morgan fingerprint density at radius 3 is 2.72 bits per heavy atom. The molecule has 0 bridgehead atoms. The SMILES string of the molecule is CCC(C)C(NC(=O)CCc1ncc(-c2ccccc2Cl)o1)C(=O)O. The number of aliphatic carboxylic acids is 1. The molecule has 2 atom stereocenters. The molecular weight excluding hydrogens is 344 g/mol. The Kier molecular flexibility index (Phi) is 6.58. The van der Waals surface area contributed by atoms with Gasteiger partial charge < -0.3 is 14.8 Å². The molecule has 2 N–H and O–H groups in total. The molecule has 0 saturated carbocycles. The maximum absolute atomic E-state index is 12.0. The van der Waals surface area contributed by atoms with E-state index in [1.807, 2.05) is 25.1 Å². The van der Waals surface area contributed by atoms with Crippen LogP contribution in [-0.4, -0.2) is 28.0 Å². The quantitative estimate of drug-likeness (QED) is 0.747. The van der Waals surface area contributed by atoms with Crippen molar-refractivity contribution in [1.29, 1.82) is 0 Å². The molecule has 2 aromatic rings. The largest absolute Gasteiger partial charge is 0.480 e. The number of halogens is 1. The van der Waals surface area contributed by atoms with Crippen LogP contribution in [0.3, 0.4) is 0 Å². The zero-order valence-electron chi connectivity index (χ0n) is 14.2. The van der Waals surface area contributed by atoms with Crippen LogP contribution in [-0.2, 0) is 16.0 Å². The van der Waals surface area contributed by atoms with Gasteiger partial charge >= 0.3 is 5.97 Å². The first-order chi connectivity index (χ1) is 11.9. The Hall–Kier alpha value is -2.34. The molecule has 134 valence electrons. The highest BCUT2D eigenvalue weighted by Crippen LogP contribution is 2.28. The van der Waals surface area contributed by atoms with Gasteiger partial charge in [0.2, 0.25) is 5.91 Å². The van der Waals surface area contributed by atoms with Crippen LogP contribution in [0.25, 0.3) is 11.3 Å². The molecule has 2 rings (SSSR count). The molecule has 7 heteroatoms. The third-order valence-electron chi connectivity index (χ3n) is 4.05. The second kappa shape index (κ2) is 8.67. The van der Waals surface area contributed by atoms with Crippen molar-refractivity contribution in [3.63, 3.8) is 0 Å². The minimum absolute atomic E-state index is 0.0999. The van der Waals surface area contributed by atoms with Crippen molar-refractivity contribution in [3.8, 4) is 11.3 Å². The summed E-state index contributed by atoms with van der Waals surface area (Å²) in [5.41, 5.74) is 0.732. The van der Waals surface area contributed by atoms with Crippen LogP contribution in [0.4, 0.5) is 0 Å². The topological polar surface area (TPSA) is 92.4 Å². The number of carboxylic acid groups (broad SMARTS) is 1. The maximum atomic E-state index is 12.0. The summed E-state index contributed by atoms with van der Waals surface area (Å²) in [7, 11) is 0. The summed E-state index contributed by atoms with van der Waals surface area (Å²) >= 11 is 6.12. The van der Waals surface area contributed by atoms with Crippen molar-refractivity contribution in [3.05, 3.63) is 41.4 Å². The van der Waals surface area contributed by atoms with E-state index in [2.05, 4.69) is 10.3 Å². The number of carboxylic acids is 1. The zero-order valence-corrected chi connectivity index (χ0v) is 14.9. The highest BCUT2D eigenvalue weighted by atomic mass is 35.5. The predicted molar refractivity (Wildman–Crippen MR) is 94.3 cm³/mol. The molecule has 0 saturated heterocycles. The Bertz CT molecular complexity index is 744. The van der Waals surface area contributed by atoms with Crippen molar-refractivity contribution < 1.29 is 19.1 Å². The lowest BCUT2D eigenvalue weighted by atomic mass is 9.99. The average molecular weight is 365 g/mol. The Morgan fingerprint density at radius 1 is 1.36 bits per heavy atom. The Balaban J connectivity index is 1.94. The number of hydrogen-bond donors (Lipinski definition) is 2. The Labute approximate surface area is 151 Å². The van der Waals surface area contributed by atoms with E-state index >= 15 is 0 Å². The molecule has 1 aromatic carbocycles. The number of benzene rings is 1. The lowest BCUT2D eigenvalue weighted by Gasteiger charge is -2.19. The van der Waals surface area contributed by atoms with E-state index in [1.54, 1.807) is 19.2 Å². The van der Waals surface area contributed by atoms with Gasteiger partial charge in [-0.2, -0.15) is 0 Å². The molecule has 1 amide bonds. The monoisotopic (exact) mass is 364 g/mol. The summed E-state index contributed by atoms with van der Waals surface area (Å²) in [5, 5.41) is 12.3. The number of oxazole rings is 1. The fourth-order valence-electron chi connectivity index (χ4n) is 2.36. The number of carbonyl (C=O) groups is 2. The van der Waals surface area contributed by atoms with Gasteiger partial charge in [0.05, 0.1) is 11.2 Å². The van der Waals surface area contributed by atoms with E-state index in [1.165, 1.54) is 0 Å². The van der Waals surface area contributed by atoms with Crippen molar-refractivity contribution in [2.75, 3.05) is 0 Å². The fraction of sp³-hybridized carbons (Fsp3) is 0.389. The Morgan fingerprint density at radius 2 is 2.08 bits per heavy atom. The van der Waals surface area contributed by atoms with Crippen LogP contribution in [0.15, 0.2) is 34.9 Å². The molecular formula is C18H21ClN2O4. The molecule has 0 fully saturated rings. The molecule has 0 aliphatic carbocycles. The summed E-state index contributed by atoms with van der Waals surface area (Å²) < 4.78 is 5.63. The number of hydrogen-bond acceptors (Lipinski definition) is 4. The molecule has 0 aliphatic rings. The van der Waals surface area contributed by atoms with Crippen molar-refractivity contribution in [2.24, 2.45) is 5.92 Å². The van der Waals surface area contributed by atoms with Gasteiger partial charge in [-0.05, 0) is 18.1 Å². The zero-order chi connectivity index (χ0) is 18.4. The fourth-order valence-corrected chi connectivity index (χ4v) is 2.59. The standard InChI is InChI=1S/C18H21ClN2O4/c1-3-11(2)17(18(23)24)21-15(22)8-9-16-20-10-14(25-16)12-6-4-5-7-13(12)19/h4-7,10-11,17H,3,8-9H2,1-2H3,(H,21,22)(H,23,24). The highest BCUT2D eigenvalue weighted by Gasteiger charge is 2.25. The third-order valence-corrected chi connectivity index (χ3v) is 4.38. The maximum Gasteiger partial charge on any atom is 0.326 e. The number of amides is 1. The number of nitrogens with one attached hydrogen (secondary N) is 1. The van der Waals surface area contributed by atoms with Crippen molar-refractivity contribution in [1.82, 2.24) is 10.3 Å². The average Bonchev–Trinajstić information content (AvgIpc) is 3.06. The lowest BCUT2D eigenvalue weighted by Crippen LogP contribution is -2.45. The van der Waals surface area contributed by atoms with E-state index in [4.69, 9.17) is 16.0 Å². The molecule has 0 spiro atoms. The van der Waals surface area contributed by atoms with E-state index in [0.29, 0.717) is 23.1 Å². The number of nitrogens with zero attached hydrogens (tertiary/aromatic N) is 1. The van der Waals surface area contributed by atoms with Crippen LogP contribution in [0, 0.1) is 5.92 Å². The van der Waals surface area contributed by atoms with E-state index < -0.39 is 12.0 Å². The highest BCUT2D eigenvalue weighted by molar-refractivity contribution is 6.33. The number of aromatic nitrogens is 1. The smallest absolute Gasteiger partial charge is 0.326 e. The predicted octanol–water partition coefficient (Wildman–Crippen LogP) is 3.54. The van der Waals surface area contributed by atoms with Crippen molar-refractivity contribution >= 4 is 23.5 Å². The van der Waals surface area contributed by atoms with Gasteiger partial charge in [0.1, 0.15) is 6.04 Å². The number of carbonyl (C=O) groups excluding carboxylic acids is 1. The second-order valence-corrected chi connectivity index (χ2v) is 6.27. The van der Waals surface area contributed by atoms with Crippen LogP contribution < -0.4 is 5.32 Å². The van der Waals surface area contributed by atoms with Crippen LogP contribution in [0.1, 0.15) is 32.6 Å². The van der Waals surface area contributed by atoms with Crippen LogP contribution in [0.5, 0.6) is 0 Å². The summed E-state index contributed by atoms with van der Waals surface area (Å²) in [5.74, 6) is -0.579. The van der Waals surface area contributed by atoms with E-state index in [9.17, 15) is 14.7 Å². The van der Waals surface area contributed by atoms with Gasteiger partial charge in [-0.25, -0.2) is 9.78 Å². The van der Waals surface area contributed by atoms with Crippen molar-refractivity contribution in [2.45, 2.75) is 39.2 Å². The molecule has 25 heavy (non-hydrogen) atoms. The lowest BCUT2D eigenvalue weighted by molar-refractivity contribution is -0.143. The van der Waals surface area contributed by atoms with Gasteiger partial charge in [-0.15, -0.1) is 0 Å². The van der Waals surface area contributed by atoms with Crippen LogP contribution >= 0.6 is 11.6 Å². The van der Waals surface area contributed by atoms with Gasteiger partial charge in [-0.1, -0.05) is 44.0 Å². The molecule has 1 heterocycles. The minimum atomic E-state index is -1.03. The molecule has 0 aliphatic heterocycles. The van der Waals surface area contributed by atoms with Gasteiger partial charge in [-0.3, -0.25) is 4.79 Å². The molecule has 0 radical (unpaired) electrons.